The van der Waals surface area contributed by atoms with Crippen molar-refractivity contribution in [3.8, 4) is 0 Å². The van der Waals surface area contributed by atoms with Gasteiger partial charge in [-0.15, -0.1) is 0 Å². The van der Waals surface area contributed by atoms with Crippen LogP contribution in [0.5, 0.6) is 0 Å². The lowest BCUT2D eigenvalue weighted by Crippen LogP contribution is -2.66. The van der Waals surface area contributed by atoms with E-state index in [1.165, 1.54) is 4.31 Å². The second-order valence-corrected chi connectivity index (χ2v) is 5.58. The third-order valence-electron chi connectivity index (χ3n) is 1.83. The van der Waals surface area contributed by atoms with E-state index in [-0.39, 0.29) is 11.3 Å². The van der Waals surface area contributed by atoms with Crippen molar-refractivity contribution in [3.63, 3.8) is 0 Å². The van der Waals surface area contributed by atoms with Gasteiger partial charge in [0.05, 0.1) is 5.75 Å². The molecule has 0 saturated carbocycles. The molecule has 0 radical (unpaired) electrons. The molecular formula is C6H14N2O2S. The van der Waals surface area contributed by atoms with Crippen LogP contribution in [-0.4, -0.2) is 37.1 Å². The highest BCUT2D eigenvalue weighted by atomic mass is 32.2. The average Bonchev–Trinajstić information content (AvgIpc) is 1.83. The van der Waals surface area contributed by atoms with Crippen LogP contribution in [0.15, 0.2) is 0 Å². The Morgan fingerprint density at radius 1 is 1.55 bits per heavy atom. The van der Waals surface area contributed by atoms with E-state index in [1.54, 1.807) is 6.92 Å². The second kappa shape index (κ2) is 2.43. The molecule has 0 spiro atoms. The third-order valence-corrected chi connectivity index (χ3v) is 3.61. The first-order valence-corrected chi connectivity index (χ1v) is 5.25. The molecule has 1 aliphatic rings. The number of nitrogens with two attached hydrogens (primary N) is 1. The fourth-order valence-electron chi connectivity index (χ4n) is 1.14. The van der Waals surface area contributed by atoms with E-state index in [4.69, 9.17) is 5.73 Å². The smallest absolute Gasteiger partial charge is 0.213 e. The van der Waals surface area contributed by atoms with Crippen molar-refractivity contribution >= 4 is 10.0 Å². The molecule has 1 aliphatic heterocycles. The van der Waals surface area contributed by atoms with Gasteiger partial charge in [-0.3, -0.25) is 0 Å². The monoisotopic (exact) mass is 178 g/mol. The molecule has 0 aromatic rings. The van der Waals surface area contributed by atoms with Gasteiger partial charge in [0.15, 0.2) is 0 Å². The zero-order valence-corrected chi connectivity index (χ0v) is 7.69. The van der Waals surface area contributed by atoms with Crippen LogP contribution in [0.4, 0.5) is 0 Å². The van der Waals surface area contributed by atoms with Gasteiger partial charge in [-0.25, -0.2) is 8.42 Å². The van der Waals surface area contributed by atoms with Crippen LogP contribution in [0.3, 0.4) is 0 Å². The van der Waals surface area contributed by atoms with Gasteiger partial charge in [0.1, 0.15) is 0 Å². The number of hydrogen-bond donors (Lipinski definition) is 1. The fourth-order valence-corrected chi connectivity index (χ4v) is 2.49. The standard InChI is InChI=1S/C6H14N2O2S/c1-3-11(9,10)8-4-6(2,7)5-8/h3-5,7H2,1-2H3. The van der Waals surface area contributed by atoms with E-state index in [0.29, 0.717) is 13.1 Å². The van der Waals surface area contributed by atoms with Crippen molar-refractivity contribution in [2.75, 3.05) is 18.8 Å². The van der Waals surface area contributed by atoms with Gasteiger partial charge in [0.2, 0.25) is 10.0 Å². The molecule has 0 unspecified atom stereocenters. The van der Waals surface area contributed by atoms with Crippen LogP contribution in [-0.2, 0) is 10.0 Å². The molecule has 4 nitrogen and oxygen atoms in total. The third kappa shape index (κ3) is 1.72. The average molecular weight is 178 g/mol. The molecule has 66 valence electrons. The molecule has 2 N–H and O–H groups in total. The Morgan fingerprint density at radius 2 is 2.00 bits per heavy atom. The molecule has 0 atom stereocenters. The molecule has 0 amide bonds. The molecule has 5 heteroatoms. The van der Waals surface area contributed by atoms with Crippen LogP contribution < -0.4 is 5.73 Å². The summed E-state index contributed by atoms with van der Waals surface area (Å²) in [4.78, 5) is 0. The molecule has 11 heavy (non-hydrogen) atoms. The Bertz CT molecular complexity index is 237. The minimum absolute atomic E-state index is 0.170. The topological polar surface area (TPSA) is 63.4 Å². The molecule has 0 aliphatic carbocycles. The van der Waals surface area contributed by atoms with Crippen LogP contribution >= 0.6 is 0 Å². The van der Waals surface area contributed by atoms with Gasteiger partial charge in [0, 0.05) is 18.6 Å². The lowest BCUT2D eigenvalue weighted by Gasteiger charge is -2.43. The summed E-state index contributed by atoms with van der Waals surface area (Å²) in [5, 5.41) is 0. The zero-order chi connectivity index (χ0) is 8.70. The minimum atomic E-state index is -2.98. The van der Waals surface area contributed by atoms with Crippen LogP contribution in [0, 0.1) is 0 Å². The number of nitrogens with zero attached hydrogens (tertiary/aromatic N) is 1. The molecule has 1 saturated heterocycles. The zero-order valence-electron chi connectivity index (χ0n) is 6.87. The maximum absolute atomic E-state index is 11.1. The van der Waals surface area contributed by atoms with E-state index >= 15 is 0 Å². The van der Waals surface area contributed by atoms with Gasteiger partial charge in [0.25, 0.3) is 0 Å². The van der Waals surface area contributed by atoms with Crippen LogP contribution in [0.25, 0.3) is 0 Å². The summed E-state index contributed by atoms with van der Waals surface area (Å²) in [5.74, 6) is 0.170. The highest BCUT2D eigenvalue weighted by Gasteiger charge is 2.40. The van der Waals surface area contributed by atoms with Gasteiger partial charge < -0.3 is 5.73 Å². The normalized spacial score (nSPS) is 24.6. The predicted molar refractivity (Wildman–Crippen MR) is 43.6 cm³/mol. The molecule has 1 rings (SSSR count). The van der Waals surface area contributed by atoms with E-state index in [1.807, 2.05) is 6.92 Å². The number of rotatable bonds is 2. The molecule has 1 heterocycles. The van der Waals surface area contributed by atoms with Crippen molar-refractivity contribution < 1.29 is 8.42 Å². The Kier molecular flexibility index (Phi) is 1.98. The van der Waals surface area contributed by atoms with E-state index in [2.05, 4.69) is 0 Å². The molecule has 0 aromatic heterocycles. The molecule has 0 bridgehead atoms. The Hall–Kier alpha value is -0.130. The highest BCUT2D eigenvalue weighted by Crippen LogP contribution is 2.20. The van der Waals surface area contributed by atoms with E-state index in [9.17, 15) is 8.42 Å². The Labute approximate surface area is 67.4 Å². The molecular weight excluding hydrogens is 164 g/mol. The first kappa shape index (κ1) is 8.96. The van der Waals surface area contributed by atoms with Crippen LogP contribution in [0.1, 0.15) is 13.8 Å². The number of sulfonamides is 1. The lowest BCUT2D eigenvalue weighted by atomic mass is 9.97. The first-order valence-electron chi connectivity index (χ1n) is 3.64. The Morgan fingerprint density at radius 3 is 2.27 bits per heavy atom. The Balaban J connectivity index is 2.58. The summed E-state index contributed by atoms with van der Waals surface area (Å²) in [7, 11) is -2.98. The van der Waals surface area contributed by atoms with E-state index in [0.717, 1.165) is 0 Å². The second-order valence-electron chi connectivity index (χ2n) is 3.32. The first-order chi connectivity index (χ1) is 4.87. The van der Waals surface area contributed by atoms with Gasteiger partial charge in [-0.2, -0.15) is 4.31 Å². The predicted octanol–water partition coefficient (Wildman–Crippen LogP) is -0.631. The quantitative estimate of drug-likeness (QED) is 0.612. The summed E-state index contributed by atoms with van der Waals surface area (Å²) in [6.07, 6.45) is 0. The summed E-state index contributed by atoms with van der Waals surface area (Å²) in [6, 6.07) is 0. The summed E-state index contributed by atoms with van der Waals surface area (Å²) < 4.78 is 23.7. The van der Waals surface area contributed by atoms with Gasteiger partial charge in [-0.05, 0) is 13.8 Å². The summed E-state index contributed by atoms with van der Waals surface area (Å²) >= 11 is 0. The SMILES string of the molecule is CCS(=O)(=O)N1CC(C)(N)C1. The highest BCUT2D eigenvalue weighted by molar-refractivity contribution is 7.89. The van der Waals surface area contributed by atoms with E-state index < -0.39 is 10.0 Å². The molecule has 0 aromatic carbocycles. The lowest BCUT2D eigenvalue weighted by molar-refractivity contribution is 0.176. The van der Waals surface area contributed by atoms with Crippen molar-refractivity contribution in [1.29, 1.82) is 0 Å². The van der Waals surface area contributed by atoms with Crippen molar-refractivity contribution in [3.05, 3.63) is 0 Å². The number of hydrogen-bond acceptors (Lipinski definition) is 3. The van der Waals surface area contributed by atoms with Crippen molar-refractivity contribution in [1.82, 2.24) is 4.31 Å². The minimum Gasteiger partial charge on any atom is -0.323 e. The van der Waals surface area contributed by atoms with Crippen LogP contribution in [0.2, 0.25) is 0 Å². The van der Waals surface area contributed by atoms with Gasteiger partial charge >= 0.3 is 0 Å². The largest absolute Gasteiger partial charge is 0.323 e. The summed E-state index contributed by atoms with van der Waals surface area (Å²) in [5.41, 5.74) is 5.35. The van der Waals surface area contributed by atoms with Crippen molar-refractivity contribution in [2.24, 2.45) is 5.73 Å². The summed E-state index contributed by atoms with van der Waals surface area (Å²) in [6.45, 7) is 4.42. The maximum Gasteiger partial charge on any atom is 0.213 e. The van der Waals surface area contributed by atoms with Gasteiger partial charge in [-0.1, -0.05) is 0 Å². The maximum atomic E-state index is 11.1. The van der Waals surface area contributed by atoms with Crippen molar-refractivity contribution in [2.45, 2.75) is 19.4 Å². The fraction of sp³-hybridized carbons (Fsp3) is 1.00. The molecule has 1 fully saturated rings.